The number of rotatable bonds is 3. The number of nitrogens with one attached hydrogen (secondary N) is 1. The number of para-hydroxylation sites is 1. The molecule has 0 saturated carbocycles. The fourth-order valence-electron chi connectivity index (χ4n) is 2.51. The molecule has 1 aromatic carbocycles. The van der Waals surface area contributed by atoms with Gasteiger partial charge in [-0.3, -0.25) is 4.68 Å². The molecule has 3 rings (SSSR count). The Morgan fingerprint density at radius 3 is 2.84 bits per heavy atom. The molecule has 0 spiro atoms. The van der Waals surface area contributed by atoms with Crippen LogP contribution in [0, 0.1) is 13.8 Å². The first-order valence-corrected chi connectivity index (χ1v) is 6.74. The van der Waals surface area contributed by atoms with Gasteiger partial charge in [-0.1, -0.05) is 18.2 Å². The highest BCUT2D eigenvalue weighted by atomic mass is 16.5. The summed E-state index contributed by atoms with van der Waals surface area (Å²) in [5.41, 5.74) is 2.23. The van der Waals surface area contributed by atoms with E-state index in [1.54, 1.807) is 0 Å². The number of aryl methyl sites for hydroxylation is 1. The lowest BCUT2D eigenvalue weighted by Gasteiger charge is -2.12. The summed E-state index contributed by atoms with van der Waals surface area (Å²) in [4.78, 5) is 0. The van der Waals surface area contributed by atoms with Crippen molar-refractivity contribution in [3.63, 3.8) is 0 Å². The first-order valence-electron chi connectivity index (χ1n) is 6.74. The van der Waals surface area contributed by atoms with Crippen molar-refractivity contribution in [1.82, 2.24) is 15.1 Å². The van der Waals surface area contributed by atoms with Crippen LogP contribution in [0.1, 0.15) is 23.7 Å². The summed E-state index contributed by atoms with van der Waals surface area (Å²) in [6.07, 6.45) is 2.95. The van der Waals surface area contributed by atoms with Gasteiger partial charge in [0.2, 0.25) is 0 Å². The molecule has 0 aliphatic carbocycles. The molecule has 1 fully saturated rings. The molecule has 19 heavy (non-hydrogen) atoms. The number of ether oxygens (including phenoxy) is 1. The summed E-state index contributed by atoms with van der Waals surface area (Å²) in [5, 5.41) is 7.84. The Morgan fingerprint density at radius 2 is 2.11 bits per heavy atom. The van der Waals surface area contributed by atoms with Crippen molar-refractivity contribution < 1.29 is 4.74 Å². The molecule has 1 aliphatic rings. The quantitative estimate of drug-likeness (QED) is 0.919. The van der Waals surface area contributed by atoms with E-state index in [-0.39, 0.29) is 0 Å². The van der Waals surface area contributed by atoms with Gasteiger partial charge in [-0.25, -0.2) is 0 Å². The molecule has 1 saturated heterocycles. The second kappa shape index (κ2) is 5.05. The Balaban J connectivity index is 1.84. The van der Waals surface area contributed by atoms with Crippen molar-refractivity contribution in [3.8, 4) is 11.5 Å². The van der Waals surface area contributed by atoms with E-state index in [0.717, 1.165) is 42.3 Å². The van der Waals surface area contributed by atoms with Crippen molar-refractivity contribution in [1.29, 1.82) is 0 Å². The first-order chi connectivity index (χ1) is 9.25. The number of nitrogens with zero attached hydrogens (tertiary/aromatic N) is 2. The van der Waals surface area contributed by atoms with Gasteiger partial charge in [-0.15, -0.1) is 0 Å². The summed E-state index contributed by atoms with van der Waals surface area (Å²) >= 11 is 0. The lowest BCUT2D eigenvalue weighted by Crippen LogP contribution is -2.15. The van der Waals surface area contributed by atoms with E-state index in [0.29, 0.717) is 6.04 Å². The summed E-state index contributed by atoms with van der Waals surface area (Å²) < 4.78 is 8.05. The number of aromatic nitrogens is 2. The van der Waals surface area contributed by atoms with Gasteiger partial charge in [0.05, 0.1) is 17.9 Å². The molecule has 1 unspecified atom stereocenters. The predicted molar refractivity (Wildman–Crippen MR) is 74.7 cm³/mol. The standard InChI is InChI=1S/C15H19N3O/c1-11-5-3-4-6-14(11)19-15-10-17-18(12(15)2)13-7-8-16-9-13/h3-6,10,13,16H,7-9H2,1-2H3. The Kier molecular flexibility index (Phi) is 3.25. The molecular formula is C15H19N3O. The van der Waals surface area contributed by atoms with Crippen molar-refractivity contribution in [2.75, 3.05) is 13.1 Å². The highest BCUT2D eigenvalue weighted by molar-refractivity contribution is 5.37. The van der Waals surface area contributed by atoms with Crippen molar-refractivity contribution in [2.24, 2.45) is 0 Å². The highest BCUT2D eigenvalue weighted by Crippen LogP contribution is 2.29. The summed E-state index contributed by atoms with van der Waals surface area (Å²) in [5.74, 6) is 1.75. The molecule has 0 amide bonds. The molecule has 1 aromatic heterocycles. The van der Waals surface area contributed by atoms with Gasteiger partial charge in [0, 0.05) is 6.54 Å². The van der Waals surface area contributed by atoms with Gasteiger partial charge in [-0.05, 0) is 38.4 Å². The lowest BCUT2D eigenvalue weighted by atomic mass is 10.2. The van der Waals surface area contributed by atoms with Gasteiger partial charge < -0.3 is 10.1 Å². The van der Waals surface area contributed by atoms with Crippen molar-refractivity contribution >= 4 is 0 Å². The molecule has 4 nitrogen and oxygen atoms in total. The second-order valence-electron chi connectivity index (χ2n) is 5.05. The third kappa shape index (κ3) is 2.36. The van der Waals surface area contributed by atoms with Crippen molar-refractivity contribution in [3.05, 3.63) is 41.7 Å². The number of hydrogen-bond acceptors (Lipinski definition) is 3. The zero-order valence-corrected chi connectivity index (χ0v) is 11.4. The first kappa shape index (κ1) is 12.2. The summed E-state index contributed by atoms with van der Waals surface area (Å²) in [6.45, 7) is 6.18. The topological polar surface area (TPSA) is 39.1 Å². The van der Waals surface area contributed by atoms with E-state index in [4.69, 9.17) is 4.74 Å². The Bertz CT molecular complexity index is 571. The third-order valence-corrected chi connectivity index (χ3v) is 3.69. The van der Waals surface area contributed by atoms with Crippen LogP contribution < -0.4 is 10.1 Å². The van der Waals surface area contributed by atoms with E-state index in [9.17, 15) is 0 Å². The molecular weight excluding hydrogens is 238 g/mol. The minimum Gasteiger partial charge on any atom is -0.454 e. The largest absolute Gasteiger partial charge is 0.454 e. The maximum absolute atomic E-state index is 5.98. The Morgan fingerprint density at radius 1 is 1.26 bits per heavy atom. The molecule has 1 N–H and O–H groups in total. The second-order valence-corrected chi connectivity index (χ2v) is 5.05. The number of benzene rings is 1. The van der Waals surface area contributed by atoms with E-state index in [1.165, 1.54) is 0 Å². The lowest BCUT2D eigenvalue weighted by molar-refractivity contribution is 0.455. The van der Waals surface area contributed by atoms with Crippen LogP contribution in [0.4, 0.5) is 0 Å². The summed E-state index contributed by atoms with van der Waals surface area (Å²) in [7, 11) is 0. The van der Waals surface area contributed by atoms with E-state index in [2.05, 4.69) is 35.0 Å². The zero-order valence-electron chi connectivity index (χ0n) is 11.4. The average Bonchev–Trinajstić information content (AvgIpc) is 3.03. The van der Waals surface area contributed by atoms with Crippen LogP contribution >= 0.6 is 0 Å². The summed E-state index contributed by atoms with van der Waals surface area (Å²) in [6, 6.07) is 8.50. The molecule has 1 atom stereocenters. The van der Waals surface area contributed by atoms with Crippen LogP contribution in [0.5, 0.6) is 11.5 Å². The molecule has 100 valence electrons. The zero-order chi connectivity index (χ0) is 13.2. The van der Waals surface area contributed by atoms with Gasteiger partial charge in [0.1, 0.15) is 5.75 Å². The van der Waals surface area contributed by atoms with E-state index >= 15 is 0 Å². The fourth-order valence-corrected chi connectivity index (χ4v) is 2.51. The highest BCUT2D eigenvalue weighted by Gasteiger charge is 2.20. The Labute approximate surface area is 113 Å². The smallest absolute Gasteiger partial charge is 0.168 e. The number of hydrogen-bond donors (Lipinski definition) is 1. The Hall–Kier alpha value is -1.81. The van der Waals surface area contributed by atoms with Crippen molar-refractivity contribution in [2.45, 2.75) is 26.3 Å². The van der Waals surface area contributed by atoms with Crippen LogP contribution in [-0.2, 0) is 0 Å². The fraction of sp³-hybridized carbons (Fsp3) is 0.400. The van der Waals surface area contributed by atoms with Gasteiger partial charge in [0.25, 0.3) is 0 Å². The normalized spacial score (nSPS) is 18.7. The van der Waals surface area contributed by atoms with Crippen LogP contribution in [-0.4, -0.2) is 22.9 Å². The van der Waals surface area contributed by atoms with Crippen LogP contribution in [0.15, 0.2) is 30.5 Å². The van der Waals surface area contributed by atoms with Crippen LogP contribution in [0.3, 0.4) is 0 Å². The maximum atomic E-state index is 5.98. The SMILES string of the molecule is Cc1ccccc1Oc1cnn(C2CCNC2)c1C. The molecule has 1 aliphatic heterocycles. The minimum atomic E-state index is 0.453. The third-order valence-electron chi connectivity index (χ3n) is 3.69. The average molecular weight is 257 g/mol. The van der Waals surface area contributed by atoms with E-state index in [1.807, 2.05) is 24.4 Å². The molecule has 0 radical (unpaired) electrons. The monoisotopic (exact) mass is 257 g/mol. The molecule has 0 bridgehead atoms. The maximum Gasteiger partial charge on any atom is 0.168 e. The molecule has 4 heteroatoms. The predicted octanol–water partition coefficient (Wildman–Crippen LogP) is 2.83. The van der Waals surface area contributed by atoms with Crippen LogP contribution in [0.25, 0.3) is 0 Å². The van der Waals surface area contributed by atoms with Crippen LogP contribution in [0.2, 0.25) is 0 Å². The molecule has 2 heterocycles. The van der Waals surface area contributed by atoms with Gasteiger partial charge in [0.15, 0.2) is 5.75 Å². The van der Waals surface area contributed by atoms with E-state index < -0.39 is 0 Å². The van der Waals surface area contributed by atoms with Gasteiger partial charge in [-0.2, -0.15) is 5.10 Å². The minimum absolute atomic E-state index is 0.453. The molecule has 2 aromatic rings. The van der Waals surface area contributed by atoms with Gasteiger partial charge >= 0.3 is 0 Å².